The van der Waals surface area contributed by atoms with Crippen LogP contribution in [0.3, 0.4) is 0 Å². The molecule has 0 unspecified atom stereocenters. The fourth-order valence-corrected chi connectivity index (χ4v) is 7.72. The van der Waals surface area contributed by atoms with Crippen molar-refractivity contribution in [2.24, 2.45) is 0 Å². The Hall–Kier alpha value is -1.80. The molecular weight excluding hydrogens is 337 g/mol. The third-order valence-electron chi connectivity index (χ3n) is 3.19. The molecule has 1 radical (unpaired) electrons. The predicted molar refractivity (Wildman–Crippen MR) is 107 cm³/mol. The fourth-order valence-electron chi connectivity index (χ4n) is 2.31. The van der Waals surface area contributed by atoms with Crippen molar-refractivity contribution in [1.82, 2.24) is 0 Å². The monoisotopic (exact) mass is 365 g/mol. The number of hydrogen-bond donors (Lipinski definition) is 0. The Labute approximate surface area is 146 Å². The minimum atomic E-state index is -1.63. The third-order valence-corrected chi connectivity index (χ3v) is 8.92. The van der Waals surface area contributed by atoms with Gasteiger partial charge in [-0.15, -0.1) is 0 Å². The van der Waals surface area contributed by atoms with Gasteiger partial charge in [0.25, 0.3) is 0 Å². The first-order valence-corrected chi connectivity index (χ1v) is 11.6. The van der Waals surface area contributed by atoms with Gasteiger partial charge in [0.05, 0.1) is 0 Å². The van der Waals surface area contributed by atoms with E-state index in [1.165, 1.54) is 13.2 Å². The van der Waals surface area contributed by atoms with Gasteiger partial charge < -0.3 is 0 Å². The van der Waals surface area contributed by atoms with Crippen LogP contribution in [0.2, 0.25) is 0 Å². The molecule has 0 spiro atoms. The molecule has 3 aromatic carbocycles. The quantitative estimate of drug-likeness (QED) is 0.610. The standard InChI is InChI=1S/C18H15Ge.2C2H6/c1-4-10-16(11-5-1)19(17-12-6-2-7-13-17)18-14-8-3-9-15-18;2*1-2/h1-15H;2*1-2H3. The number of hydrogen-bond acceptors (Lipinski definition) is 0. The maximum absolute atomic E-state index is 2.27. The van der Waals surface area contributed by atoms with E-state index in [0.717, 1.165) is 0 Å². The van der Waals surface area contributed by atoms with Crippen LogP contribution in [0.25, 0.3) is 0 Å². The van der Waals surface area contributed by atoms with Crippen LogP contribution >= 0.6 is 0 Å². The van der Waals surface area contributed by atoms with Crippen molar-refractivity contribution in [3.63, 3.8) is 0 Å². The average molecular weight is 364 g/mol. The van der Waals surface area contributed by atoms with Crippen molar-refractivity contribution in [1.29, 1.82) is 0 Å². The summed E-state index contributed by atoms with van der Waals surface area (Å²) in [5, 5.41) is 0. The van der Waals surface area contributed by atoms with Gasteiger partial charge in [-0.05, 0) is 0 Å². The van der Waals surface area contributed by atoms with Crippen LogP contribution in [0.15, 0.2) is 91.0 Å². The topological polar surface area (TPSA) is 0 Å². The van der Waals surface area contributed by atoms with Gasteiger partial charge in [0, 0.05) is 0 Å². The van der Waals surface area contributed by atoms with E-state index in [4.69, 9.17) is 0 Å². The zero-order valence-electron chi connectivity index (χ0n) is 14.7. The van der Waals surface area contributed by atoms with E-state index in [-0.39, 0.29) is 0 Å². The zero-order chi connectivity index (χ0) is 16.9. The Morgan fingerprint density at radius 3 is 0.826 bits per heavy atom. The maximum atomic E-state index is 2.27. The normalized spacial score (nSPS) is 9.26. The molecule has 0 aliphatic rings. The molecule has 0 saturated carbocycles. The molecule has 23 heavy (non-hydrogen) atoms. The van der Waals surface area contributed by atoms with E-state index in [1.807, 2.05) is 27.7 Å². The van der Waals surface area contributed by atoms with Crippen molar-refractivity contribution in [2.45, 2.75) is 27.7 Å². The van der Waals surface area contributed by atoms with Crippen LogP contribution in [0.5, 0.6) is 0 Å². The van der Waals surface area contributed by atoms with Crippen molar-refractivity contribution >= 4 is 27.5 Å². The summed E-state index contributed by atoms with van der Waals surface area (Å²) in [6.45, 7) is 8.00. The summed E-state index contributed by atoms with van der Waals surface area (Å²) in [4.78, 5) is 0. The van der Waals surface area contributed by atoms with Gasteiger partial charge >= 0.3 is 119 Å². The van der Waals surface area contributed by atoms with Crippen LogP contribution in [0.4, 0.5) is 0 Å². The minimum absolute atomic E-state index is 1.50. The molecule has 0 aliphatic carbocycles. The Morgan fingerprint density at radius 2 is 0.609 bits per heavy atom. The van der Waals surface area contributed by atoms with Gasteiger partial charge in [0.2, 0.25) is 0 Å². The van der Waals surface area contributed by atoms with Crippen LogP contribution in [-0.4, -0.2) is 14.3 Å². The van der Waals surface area contributed by atoms with Crippen LogP contribution in [0, 0.1) is 0 Å². The van der Waals surface area contributed by atoms with E-state index >= 15 is 0 Å². The second kappa shape index (κ2) is 11.7. The Morgan fingerprint density at radius 1 is 0.391 bits per heavy atom. The molecule has 3 rings (SSSR count). The molecule has 0 aliphatic heterocycles. The van der Waals surface area contributed by atoms with E-state index in [9.17, 15) is 0 Å². The molecule has 0 heterocycles. The number of benzene rings is 3. The summed E-state index contributed by atoms with van der Waals surface area (Å²) in [6.07, 6.45) is 0. The van der Waals surface area contributed by atoms with E-state index in [0.29, 0.717) is 0 Å². The molecule has 0 aromatic heterocycles. The number of rotatable bonds is 3. The molecule has 0 bridgehead atoms. The molecule has 1 heteroatoms. The van der Waals surface area contributed by atoms with Crippen LogP contribution < -0.4 is 13.2 Å². The molecular formula is C22H27Ge. The van der Waals surface area contributed by atoms with E-state index < -0.39 is 14.3 Å². The summed E-state index contributed by atoms with van der Waals surface area (Å²) in [7, 11) is 0. The summed E-state index contributed by atoms with van der Waals surface area (Å²) in [5.74, 6) is 0. The van der Waals surface area contributed by atoms with Crippen LogP contribution in [0.1, 0.15) is 27.7 Å². The zero-order valence-corrected chi connectivity index (χ0v) is 16.8. The summed E-state index contributed by atoms with van der Waals surface area (Å²) in [6, 6.07) is 32.8. The van der Waals surface area contributed by atoms with Crippen LogP contribution in [-0.2, 0) is 0 Å². The Bertz CT molecular complexity index is 524. The predicted octanol–water partition coefficient (Wildman–Crippen LogP) is 4.26. The molecule has 0 N–H and O–H groups in total. The average Bonchev–Trinajstić information content (AvgIpc) is 2.68. The molecule has 0 fully saturated rings. The van der Waals surface area contributed by atoms with Crippen molar-refractivity contribution in [3.05, 3.63) is 91.0 Å². The van der Waals surface area contributed by atoms with Gasteiger partial charge in [-0.25, -0.2) is 0 Å². The second-order valence-electron chi connectivity index (χ2n) is 4.47. The Kier molecular flexibility index (Phi) is 9.82. The summed E-state index contributed by atoms with van der Waals surface area (Å²) >= 11 is -1.63. The SMILES string of the molecule is CC.CC.c1cc[c]([Ge]([c]2ccccc2)[c]2ccccc2)cc1. The molecule has 0 nitrogen and oxygen atoms in total. The molecule has 0 saturated heterocycles. The Balaban J connectivity index is 0.000000615. The molecule has 3 aromatic rings. The fraction of sp³-hybridized carbons (Fsp3) is 0.182. The first-order chi connectivity index (χ1) is 11.4. The third kappa shape index (κ3) is 5.72. The summed E-state index contributed by atoms with van der Waals surface area (Å²) < 4.78 is 4.50. The molecule has 0 amide bonds. The summed E-state index contributed by atoms with van der Waals surface area (Å²) in [5.41, 5.74) is 0. The van der Waals surface area contributed by atoms with Crippen molar-refractivity contribution in [2.75, 3.05) is 0 Å². The van der Waals surface area contributed by atoms with E-state index in [1.54, 1.807) is 0 Å². The second-order valence-corrected chi connectivity index (χ2v) is 9.68. The van der Waals surface area contributed by atoms with Gasteiger partial charge in [-0.1, -0.05) is 27.7 Å². The molecule has 119 valence electrons. The first-order valence-electron chi connectivity index (χ1n) is 8.48. The molecule has 0 atom stereocenters. The first kappa shape index (κ1) is 19.3. The van der Waals surface area contributed by atoms with Gasteiger partial charge in [0.1, 0.15) is 0 Å². The van der Waals surface area contributed by atoms with Crippen molar-refractivity contribution < 1.29 is 0 Å². The van der Waals surface area contributed by atoms with Gasteiger partial charge in [0.15, 0.2) is 0 Å². The van der Waals surface area contributed by atoms with Gasteiger partial charge in [-0.2, -0.15) is 0 Å². The van der Waals surface area contributed by atoms with Gasteiger partial charge in [-0.3, -0.25) is 0 Å². The van der Waals surface area contributed by atoms with Crippen molar-refractivity contribution in [3.8, 4) is 0 Å². The van der Waals surface area contributed by atoms with E-state index in [2.05, 4.69) is 91.0 Å².